The molecule has 0 bridgehead atoms. The van der Waals surface area contributed by atoms with E-state index >= 15 is 0 Å². The molecule has 0 amide bonds. The van der Waals surface area contributed by atoms with E-state index in [1.165, 1.54) is 6.08 Å². The van der Waals surface area contributed by atoms with Crippen LogP contribution in [0.5, 0.6) is 11.5 Å². The van der Waals surface area contributed by atoms with Crippen LogP contribution < -0.4 is 9.47 Å². The Hall–Kier alpha value is -3.55. The lowest BCUT2D eigenvalue weighted by atomic mass is 10.1. The van der Waals surface area contributed by atoms with Crippen molar-refractivity contribution >= 4 is 23.8 Å². The Morgan fingerprint density at radius 3 is 2.66 bits per heavy atom. The molecular weight excluding hydrogens is 378 g/mol. The first kappa shape index (κ1) is 20.2. The second kappa shape index (κ2) is 8.64. The summed E-state index contributed by atoms with van der Waals surface area (Å²) < 4.78 is 20.5. The van der Waals surface area contributed by atoms with Gasteiger partial charge in [0.1, 0.15) is 0 Å². The van der Waals surface area contributed by atoms with E-state index in [0.29, 0.717) is 28.3 Å². The second-order valence-electron chi connectivity index (χ2n) is 6.32. The van der Waals surface area contributed by atoms with E-state index in [9.17, 15) is 14.4 Å². The second-order valence-corrected chi connectivity index (χ2v) is 6.32. The number of benzene rings is 1. The highest BCUT2D eigenvalue weighted by Crippen LogP contribution is 2.32. The van der Waals surface area contributed by atoms with Gasteiger partial charge in [0.2, 0.25) is 12.6 Å². The van der Waals surface area contributed by atoms with Crippen molar-refractivity contribution in [2.45, 2.75) is 20.8 Å². The number of rotatable bonds is 7. The third-order valence-electron chi connectivity index (χ3n) is 4.35. The average molecular weight is 399 g/mol. The summed E-state index contributed by atoms with van der Waals surface area (Å²) in [5.74, 6) is -0.352. The van der Waals surface area contributed by atoms with Crippen molar-refractivity contribution in [3.8, 4) is 11.5 Å². The highest BCUT2D eigenvalue weighted by molar-refractivity contribution is 6.03. The molecule has 1 aromatic heterocycles. The Bertz CT molecular complexity index is 987. The third-order valence-corrected chi connectivity index (χ3v) is 4.35. The van der Waals surface area contributed by atoms with Gasteiger partial charge in [-0.1, -0.05) is 6.07 Å². The largest absolute Gasteiger partial charge is 0.462 e. The summed E-state index contributed by atoms with van der Waals surface area (Å²) in [6.07, 6.45) is 2.78. The molecule has 0 saturated heterocycles. The van der Waals surface area contributed by atoms with Crippen LogP contribution in [-0.4, -0.2) is 42.7 Å². The van der Waals surface area contributed by atoms with Gasteiger partial charge in [-0.25, -0.2) is 9.59 Å². The van der Waals surface area contributed by atoms with Crippen LogP contribution >= 0.6 is 0 Å². The maximum Gasteiger partial charge on any atom is 0.340 e. The van der Waals surface area contributed by atoms with E-state index in [-0.39, 0.29) is 19.1 Å². The number of carbonyl (C=O) groups excluding carboxylic acids is 3. The van der Waals surface area contributed by atoms with Crippen LogP contribution in [0.4, 0.5) is 0 Å². The molecule has 2 heterocycles. The van der Waals surface area contributed by atoms with E-state index in [4.69, 9.17) is 18.9 Å². The van der Waals surface area contributed by atoms with Gasteiger partial charge >= 0.3 is 11.9 Å². The predicted molar refractivity (Wildman–Crippen MR) is 103 cm³/mol. The van der Waals surface area contributed by atoms with Gasteiger partial charge < -0.3 is 23.9 Å². The van der Waals surface area contributed by atoms with Crippen LogP contribution in [0.2, 0.25) is 0 Å². The highest BCUT2D eigenvalue weighted by Gasteiger charge is 2.23. The number of H-pyrrole nitrogens is 1. The van der Waals surface area contributed by atoms with Crippen molar-refractivity contribution in [3.05, 3.63) is 52.4 Å². The minimum absolute atomic E-state index is 0.169. The number of Topliss-reactive ketones (excluding diaryl/α,β-unsaturated/α-hetero) is 1. The minimum atomic E-state index is -0.664. The topological polar surface area (TPSA) is 104 Å². The maximum atomic E-state index is 12.4. The van der Waals surface area contributed by atoms with E-state index in [0.717, 1.165) is 5.56 Å². The quantitative estimate of drug-likeness (QED) is 0.434. The van der Waals surface area contributed by atoms with E-state index < -0.39 is 24.3 Å². The summed E-state index contributed by atoms with van der Waals surface area (Å²) in [5, 5.41) is 0. The van der Waals surface area contributed by atoms with Crippen LogP contribution in [0, 0.1) is 13.8 Å². The molecule has 0 saturated carbocycles. The van der Waals surface area contributed by atoms with Crippen molar-refractivity contribution in [3.63, 3.8) is 0 Å². The van der Waals surface area contributed by atoms with Crippen LogP contribution in [-0.2, 0) is 14.3 Å². The number of esters is 2. The number of aryl methyl sites for hydroxylation is 1. The van der Waals surface area contributed by atoms with Crippen LogP contribution in [0.1, 0.15) is 44.6 Å². The van der Waals surface area contributed by atoms with E-state index in [1.54, 1.807) is 45.0 Å². The lowest BCUT2D eigenvalue weighted by Crippen LogP contribution is -2.14. The third kappa shape index (κ3) is 4.48. The number of aromatic nitrogens is 1. The molecule has 1 aliphatic heterocycles. The summed E-state index contributed by atoms with van der Waals surface area (Å²) in [4.78, 5) is 39.2. The van der Waals surface area contributed by atoms with Gasteiger partial charge in [0.25, 0.3) is 0 Å². The molecule has 3 rings (SSSR count). The summed E-state index contributed by atoms with van der Waals surface area (Å²) in [7, 11) is 0. The van der Waals surface area contributed by atoms with Crippen LogP contribution in [0.25, 0.3) is 6.08 Å². The SMILES string of the molecule is CCOC(=O)c1c(C)[nH]c(C(=O)COC(=O)/C=C/c2ccc3c(c2)OCO3)c1C. The fourth-order valence-electron chi connectivity index (χ4n) is 2.98. The zero-order valence-electron chi connectivity index (χ0n) is 16.4. The molecule has 8 heteroatoms. The number of nitrogens with one attached hydrogen (secondary N) is 1. The molecule has 0 aliphatic carbocycles. The minimum Gasteiger partial charge on any atom is -0.462 e. The Balaban J connectivity index is 1.60. The van der Waals surface area contributed by atoms with Gasteiger partial charge in [0, 0.05) is 11.8 Å². The molecule has 0 radical (unpaired) electrons. The van der Waals surface area contributed by atoms with E-state index in [1.807, 2.05) is 0 Å². The van der Waals surface area contributed by atoms with Gasteiger partial charge in [-0.3, -0.25) is 4.79 Å². The summed E-state index contributed by atoms with van der Waals surface area (Å²) in [6, 6.07) is 5.25. The molecule has 1 aromatic carbocycles. The van der Waals surface area contributed by atoms with Crippen LogP contribution in [0.15, 0.2) is 24.3 Å². The Morgan fingerprint density at radius 2 is 1.90 bits per heavy atom. The fraction of sp³-hybridized carbons (Fsp3) is 0.286. The maximum absolute atomic E-state index is 12.4. The lowest BCUT2D eigenvalue weighted by Gasteiger charge is -2.03. The van der Waals surface area contributed by atoms with Crippen molar-refractivity contribution in [1.29, 1.82) is 0 Å². The summed E-state index contributed by atoms with van der Waals surface area (Å²) in [5.41, 5.74) is 2.27. The van der Waals surface area contributed by atoms with Gasteiger partial charge in [0.15, 0.2) is 18.1 Å². The number of carbonyl (C=O) groups is 3. The normalized spacial score (nSPS) is 12.2. The predicted octanol–water partition coefficient (Wildman–Crippen LogP) is 2.98. The smallest absolute Gasteiger partial charge is 0.340 e. The zero-order valence-corrected chi connectivity index (χ0v) is 16.4. The molecule has 0 atom stereocenters. The highest BCUT2D eigenvalue weighted by atomic mass is 16.7. The van der Waals surface area contributed by atoms with Gasteiger partial charge in [-0.05, 0) is 50.1 Å². The van der Waals surface area contributed by atoms with Crippen molar-refractivity contribution in [2.75, 3.05) is 20.0 Å². The summed E-state index contributed by atoms with van der Waals surface area (Å²) in [6.45, 7) is 4.98. The van der Waals surface area contributed by atoms with Gasteiger partial charge in [-0.2, -0.15) is 0 Å². The molecule has 29 heavy (non-hydrogen) atoms. The molecule has 1 aliphatic rings. The van der Waals surface area contributed by atoms with Crippen LogP contribution in [0.3, 0.4) is 0 Å². The summed E-state index contributed by atoms with van der Waals surface area (Å²) >= 11 is 0. The number of hydrogen-bond acceptors (Lipinski definition) is 7. The number of ether oxygens (including phenoxy) is 4. The van der Waals surface area contributed by atoms with Crippen molar-refractivity contribution in [1.82, 2.24) is 4.98 Å². The molecule has 0 fully saturated rings. The van der Waals surface area contributed by atoms with Crippen molar-refractivity contribution in [2.24, 2.45) is 0 Å². The molecule has 2 aromatic rings. The number of hydrogen-bond donors (Lipinski definition) is 1. The first-order chi connectivity index (χ1) is 13.9. The fourth-order valence-corrected chi connectivity index (χ4v) is 2.98. The molecule has 152 valence electrons. The van der Waals surface area contributed by atoms with Crippen molar-refractivity contribution < 1.29 is 33.3 Å². The molecule has 0 unspecified atom stereocenters. The Labute approximate surface area is 167 Å². The molecule has 1 N–H and O–H groups in total. The number of fused-ring (bicyclic) bond motifs is 1. The molecule has 0 spiro atoms. The standard InChI is InChI=1S/C21H21NO7/c1-4-26-21(25)19-12(2)20(22-13(19)3)15(23)10-27-18(24)8-6-14-5-7-16-17(9-14)29-11-28-16/h5-9,22H,4,10-11H2,1-3H3/b8-6+. The molecule has 8 nitrogen and oxygen atoms in total. The van der Waals surface area contributed by atoms with E-state index in [2.05, 4.69) is 4.98 Å². The first-order valence-electron chi connectivity index (χ1n) is 9.04. The van der Waals surface area contributed by atoms with Gasteiger partial charge in [0.05, 0.1) is 17.9 Å². The zero-order chi connectivity index (χ0) is 21.0. The first-order valence-corrected chi connectivity index (χ1v) is 9.04. The van der Waals surface area contributed by atoms with Gasteiger partial charge in [-0.15, -0.1) is 0 Å². The Kier molecular flexibility index (Phi) is 6.01. The monoisotopic (exact) mass is 399 g/mol. The lowest BCUT2D eigenvalue weighted by molar-refractivity contribution is -0.136. The average Bonchev–Trinajstić information content (AvgIpc) is 3.28. The number of ketones is 1. The molecular formula is C21H21NO7. The number of aromatic amines is 1. The Morgan fingerprint density at radius 1 is 1.14 bits per heavy atom.